The van der Waals surface area contributed by atoms with Crippen molar-refractivity contribution in [3.05, 3.63) is 29.7 Å². The number of ether oxygens (including phenoxy) is 1. The molecular formula is C14H19FN2O2Si-. The molecule has 0 aliphatic heterocycles. The quantitative estimate of drug-likeness (QED) is 0.466. The average molecular weight is 294 g/mol. The van der Waals surface area contributed by atoms with Crippen LogP contribution in [0.1, 0.15) is 10.4 Å². The molecule has 0 aliphatic carbocycles. The van der Waals surface area contributed by atoms with Crippen molar-refractivity contribution in [1.29, 1.82) is 0 Å². The number of carbonyl (C=O) groups excluding carboxylic acids is 1. The summed E-state index contributed by atoms with van der Waals surface area (Å²) in [6.45, 7) is 7.88. The first-order valence-corrected chi connectivity index (χ1v) is 10.3. The Morgan fingerprint density at radius 2 is 2.15 bits per heavy atom. The van der Waals surface area contributed by atoms with Crippen molar-refractivity contribution in [3.8, 4) is 0 Å². The molecule has 6 heteroatoms. The Balaban J connectivity index is 2.07. The van der Waals surface area contributed by atoms with Crippen LogP contribution in [-0.4, -0.2) is 30.7 Å². The Labute approximate surface area is 118 Å². The van der Waals surface area contributed by atoms with Crippen LogP contribution in [0, 0.1) is 5.82 Å². The molecule has 0 bridgehead atoms. The van der Waals surface area contributed by atoms with E-state index in [4.69, 9.17) is 4.74 Å². The van der Waals surface area contributed by atoms with Gasteiger partial charge in [0.1, 0.15) is 18.1 Å². The van der Waals surface area contributed by atoms with Gasteiger partial charge < -0.3 is 4.74 Å². The van der Waals surface area contributed by atoms with Crippen molar-refractivity contribution >= 4 is 25.3 Å². The molecule has 0 saturated heterocycles. The molecule has 0 radical (unpaired) electrons. The number of hydrogen-bond donors (Lipinski definition) is 0. The SMILES string of the molecule is C[Si-](C)(C)CCOCn1cc2cc(F)cc(C=O)c2n1. The monoisotopic (exact) mass is 294 g/mol. The van der Waals surface area contributed by atoms with E-state index in [1.807, 2.05) is 0 Å². The Morgan fingerprint density at radius 1 is 1.40 bits per heavy atom. The van der Waals surface area contributed by atoms with E-state index in [0.717, 1.165) is 6.04 Å². The van der Waals surface area contributed by atoms with Gasteiger partial charge >= 0.3 is 0 Å². The fraction of sp³-hybridized carbons (Fsp3) is 0.429. The van der Waals surface area contributed by atoms with E-state index >= 15 is 0 Å². The van der Waals surface area contributed by atoms with E-state index < -0.39 is 13.9 Å². The summed E-state index contributed by atoms with van der Waals surface area (Å²) in [4.78, 5) is 10.9. The van der Waals surface area contributed by atoms with Gasteiger partial charge in [-0.2, -0.15) is 24.7 Å². The van der Waals surface area contributed by atoms with Gasteiger partial charge in [-0.1, -0.05) is 0 Å². The van der Waals surface area contributed by atoms with Crippen LogP contribution in [-0.2, 0) is 11.5 Å². The molecule has 20 heavy (non-hydrogen) atoms. The fourth-order valence-electron chi connectivity index (χ4n) is 1.87. The van der Waals surface area contributed by atoms with Crippen molar-refractivity contribution in [2.45, 2.75) is 32.4 Å². The highest BCUT2D eigenvalue weighted by Crippen LogP contribution is 2.18. The van der Waals surface area contributed by atoms with Gasteiger partial charge in [0.25, 0.3) is 0 Å². The molecule has 1 heterocycles. The van der Waals surface area contributed by atoms with Crippen LogP contribution in [0.4, 0.5) is 4.39 Å². The second kappa shape index (κ2) is 5.84. The maximum atomic E-state index is 13.3. The number of benzene rings is 1. The summed E-state index contributed by atoms with van der Waals surface area (Å²) in [5, 5.41) is 4.88. The molecule has 0 saturated carbocycles. The maximum Gasteiger partial charge on any atom is 0.152 e. The zero-order valence-electron chi connectivity index (χ0n) is 12.0. The number of nitrogens with zero attached hydrogens (tertiary/aromatic N) is 2. The Morgan fingerprint density at radius 3 is 2.80 bits per heavy atom. The Hall–Kier alpha value is -1.53. The molecule has 4 nitrogen and oxygen atoms in total. The number of hydrogen-bond acceptors (Lipinski definition) is 3. The minimum Gasteiger partial charge on any atom is -0.362 e. The molecule has 0 unspecified atom stereocenters. The number of rotatable bonds is 6. The third-order valence-corrected chi connectivity index (χ3v) is 4.70. The smallest absolute Gasteiger partial charge is 0.152 e. The third-order valence-electron chi connectivity index (χ3n) is 3.00. The lowest BCUT2D eigenvalue weighted by molar-refractivity contribution is 0.0790. The molecule has 0 N–H and O–H groups in total. The van der Waals surface area contributed by atoms with Crippen LogP contribution in [0.3, 0.4) is 0 Å². The number of carbonyl (C=O) groups is 1. The molecule has 1 aromatic heterocycles. The lowest BCUT2D eigenvalue weighted by Gasteiger charge is -2.26. The highest BCUT2D eigenvalue weighted by molar-refractivity contribution is 6.76. The van der Waals surface area contributed by atoms with Crippen LogP contribution in [0.5, 0.6) is 0 Å². The molecule has 2 aromatic rings. The average Bonchev–Trinajstić information content (AvgIpc) is 2.75. The molecule has 0 aliphatic rings. The third kappa shape index (κ3) is 3.74. The second-order valence-corrected chi connectivity index (χ2v) is 11.7. The van der Waals surface area contributed by atoms with Gasteiger partial charge in [0.2, 0.25) is 0 Å². The van der Waals surface area contributed by atoms with E-state index in [1.54, 1.807) is 10.9 Å². The van der Waals surface area contributed by atoms with Gasteiger partial charge in [-0.25, -0.2) is 9.07 Å². The van der Waals surface area contributed by atoms with Crippen molar-refractivity contribution in [1.82, 2.24) is 9.78 Å². The minimum atomic E-state index is -1.10. The molecule has 1 aromatic carbocycles. The zero-order chi connectivity index (χ0) is 14.8. The molecule has 109 valence electrons. The van der Waals surface area contributed by atoms with Crippen molar-refractivity contribution in [3.63, 3.8) is 0 Å². The van der Waals surface area contributed by atoms with Crippen LogP contribution in [0.25, 0.3) is 10.9 Å². The van der Waals surface area contributed by atoms with Crippen LogP contribution in [0.15, 0.2) is 18.3 Å². The van der Waals surface area contributed by atoms with Crippen molar-refractivity contribution < 1.29 is 13.9 Å². The summed E-state index contributed by atoms with van der Waals surface area (Å²) in [6, 6.07) is 3.65. The van der Waals surface area contributed by atoms with E-state index in [0.29, 0.717) is 30.5 Å². The number of aromatic nitrogens is 2. The van der Waals surface area contributed by atoms with E-state index in [2.05, 4.69) is 24.7 Å². The lowest BCUT2D eigenvalue weighted by Crippen LogP contribution is -2.22. The van der Waals surface area contributed by atoms with Gasteiger partial charge in [0.15, 0.2) is 6.29 Å². The normalized spacial score (nSPS) is 12.0. The predicted molar refractivity (Wildman–Crippen MR) is 79.2 cm³/mol. The molecule has 0 amide bonds. The van der Waals surface area contributed by atoms with Gasteiger partial charge in [0.05, 0.1) is 0 Å². The summed E-state index contributed by atoms with van der Waals surface area (Å²) < 4.78 is 20.5. The molecule has 0 fully saturated rings. The van der Waals surface area contributed by atoms with E-state index in [-0.39, 0.29) is 5.56 Å². The summed E-state index contributed by atoms with van der Waals surface area (Å²) in [6.07, 6.45) is 2.31. The molecule has 0 atom stereocenters. The molecule has 2 rings (SSSR count). The minimum absolute atomic E-state index is 0.265. The highest BCUT2D eigenvalue weighted by Gasteiger charge is 2.08. The van der Waals surface area contributed by atoms with E-state index in [9.17, 15) is 9.18 Å². The molecule has 0 spiro atoms. The van der Waals surface area contributed by atoms with Gasteiger partial charge in [-0.05, 0) is 12.1 Å². The predicted octanol–water partition coefficient (Wildman–Crippen LogP) is 3.30. The van der Waals surface area contributed by atoms with E-state index in [1.165, 1.54) is 12.1 Å². The van der Waals surface area contributed by atoms with Crippen LogP contribution >= 0.6 is 0 Å². The van der Waals surface area contributed by atoms with Crippen molar-refractivity contribution in [2.75, 3.05) is 6.61 Å². The first-order chi connectivity index (χ1) is 9.39. The topological polar surface area (TPSA) is 44.1 Å². The van der Waals surface area contributed by atoms with Crippen LogP contribution < -0.4 is 0 Å². The zero-order valence-corrected chi connectivity index (χ0v) is 13.0. The standard InChI is InChI=1S/C14H19FN2O2Si/c1-20(2,3)5-4-19-10-17-8-11-6-13(15)7-12(9-18)14(11)16-17/h6-9H,4-5,10H2,1-3H3/q-1. The van der Waals surface area contributed by atoms with Gasteiger partial charge in [-0.3, -0.25) is 4.79 Å². The van der Waals surface area contributed by atoms with Gasteiger partial charge in [0, 0.05) is 23.8 Å². The summed E-state index contributed by atoms with van der Waals surface area (Å²) in [5.74, 6) is -0.432. The highest BCUT2D eigenvalue weighted by atomic mass is 28.3. The summed E-state index contributed by atoms with van der Waals surface area (Å²) >= 11 is 0. The number of aldehydes is 1. The van der Waals surface area contributed by atoms with Crippen molar-refractivity contribution in [2.24, 2.45) is 0 Å². The summed E-state index contributed by atoms with van der Waals surface area (Å²) in [5.41, 5.74) is 0.774. The maximum absolute atomic E-state index is 13.3. The Bertz CT molecular complexity index is 619. The fourth-order valence-corrected chi connectivity index (χ4v) is 2.62. The summed E-state index contributed by atoms with van der Waals surface area (Å²) in [7, 11) is -1.10. The lowest BCUT2D eigenvalue weighted by atomic mass is 10.1. The largest absolute Gasteiger partial charge is 0.362 e. The second-order valence-electron chi connectivity index (χ2n) is 6.07. The number of halogens is 1. The first kappa shape index (κ1) is 14.9. The first-order valence-electron chi connectivity index (χ1n) is 6.59. The molecular weight excluding hydrogens is 275 g/mol. The number of fused-ring (bicyclic) bond motifs is 1. The van der Waals surface area contributed by atoms with Crippen LogP contribution in [0.2, 0.25) is 25.7 Å². The van der Waals surface area contributed by atoms with Gasteiger partial charge in [-0.15, -0.1) is 14.1 Å². The Kier molecular flexibility index (Phi) is 4.34.